The number of hydrogen-bond donors (Lipinski definition) is 0. The number of hydrogen-bond acceptors (Lipinski definition) is 3. The van der Waals surface area contributed by atoms with Gasteiger partial charge in [-0.15, -0.1) is 0 Å². The van der Waals surface area contributed by atoms with E-state index in [1.807, 2.05) is 67.6 Å². The van der Waals surface area contributed by atoms with Gasteiger partial charge in [-0.1, -0.05) is 66.2 Å². The van der Waals surface area contributed by atoms with Crippen LogP contribution in [0.25, 0.3) is 17.0 Å². The lowest BCUT2D eigenvalue weighted by Gasteiger charge is -2.05. The number of ether oxygens (including phenoxy) is 1. The normalized spacial score (nSPS) is 14.9. The third kappa shape index (κ3) is 3.44. The minimum absolute atomic E-state index is 0.313. The number of carbonyl (C=O) groups is 1. The maximum atomic E-state index is 12.5. The van der Waals surface area contributed by atoms with Crippen molar-refractivity contribution >= 4 is 28.8 Å². The van der Waals surface area contributed by atoms with E-state index in [2.05, 4.69) is 40.0 Å². The summed E-state index contributed by atoms with van der Waals surface area (Å²) in [6.07, 6.45) is 3.88. The highest BCUT2D eigenvalue weighted by atomic mass is 16.6. The zero-order valence-electron chi connectivity index (χ0n) is 16.6. The number of para-hydroxylation sites is 1. The highest BCUT2D eigenvalue weighted by molar-refractivity contribution is 6.13. The molecule has 0 atom stereocenters. The number of aromatic nitrogens is 1. The summed E-state index contributed by atoms with van der Waals surface area (Å²) in [5.41, 5.74) is 5.53. The van der Waals surface area contributed by atoms with Crippen LogP contribution in [-0.2, 0) is 16.1 Å². The molecule has 0 N–H and O–H groups in total. The number of carbonyl (C=O) groups excluding carboxylic acids is 1. The van der Waals surface area contributed by atoms with Crippen molar-refractivity contribution in [2.24, 2.45) is 4.99 Å². The molecule has 1 aliphatic rings. The Balaban J connectivity index is 1.54. The molecule has 0 saturated heterocycles. The zero-order chi connectivity index (χ0) is 20.5. The summed E-state index contributed by atoms with van der Waals surface area (Å²) in [5.74, 6) is -0.0789. The van der Waals surface area contributed by atoms with Gasteiger partial charge in [-0.25, -0.2) is 9.79 Å². The molecule has 0 unspecified atom stereocenters. The fourth-order valence-corrected chi connectivity index (χ4v) is 3.68. The van der Waals surface area contributed by atoms with Crippen LogP contribution in [0.4, 0.5) is 0 Å². The molecule has 0 amide bonds. The molecule has 4 heteroatoms. The summed E-state index contributed by atoms with van der Waals surface area (Å²) in [6.45, 7) is 2.77. The van der Waals surface area contributed by atoms with E-state index in [4.69, 9.17) is 4.74 Å². The van der Waals surface area contributed by atoms with Gasteiger partial charge >= 0.3 is 5.97 Å². The summed E-state index contributed by atoms with van der Waals surface area (Å²) in [6, 6.07) is 26.3. The highest BCUT2D eigenvalue weighted by Crippen LogP contribution is 2.27. The van der Waals surface area contributed by atoms with Crippen molar-refractivity contribution in [3.8, 4) is 0 Å². The van der Waals surface area contributed by atoms with E-state index in [9.17, 15) is 4.79 Å². The summed E-state index contributed by atoms with van der Waals surface area (Å²) in [4.78, 5) is 16.9. The van der Waals surface area contributed by atoms with Gasteiger partial charge in [0.25, 0.3) is 0 Å². The summed E-state index contributed by atoms with van der Waals surface area (Å²) in [7, 11) is 0. The fourth-order valence-electron chi connectivity index (χ4n) is 3.68. The minimum atomic E-state index is -0.425. The smallest absolute Gasteiger partial charge is 0.363 e. The quantitative estimate of drug-likeness (QED) is 0.347. The molecular formula is C26H20N2O2. The van der Waals surface area contributed by atoms with Crippen molar-refractivity contribution in [3.05, 3.63) is 113 Å². The Morgan fingerprint density at radius 3 is 2.47 bits per heavy atom. The van der Waals surface area contributed by atoms with Crippen LogP contribution in [0.15, 0.2) is 95.7 Å². The third-order valence-corrected chi connectivity index (χ3v) is 5.23. The first-order chi connectivity index (χ1) is 14.7. The van der Waals surface area contributed by atoms with Crippen LogP contribution in [-0.4, -0.2) is 16.4 Å². The van der Waals surface area contributed by atoms with E-state index in [0.29, 0.717) is 11.6 Å². The van der Waals surface area contributed by atoms with Crippen molar-refractivity contribution in [3.63, 3.8) is 0 Å². The number of rotatable bonds is 4. The predicted octanol–water partition coefficient (Wildman–Crippen LogP) is 5.34. The number of benzene rings is 3. The highest BCUT2D eigenvalue weighted by Gasteiger charge is 2.24. The lowest BCUT2D eigenvalue weighted by Crippen LogP contribution is -2.05. The molecule has 5 rings (SSSR count). The average molecular weight is 392 g/mol. The van der Waals surface area contributed by atoms with Crippen molar-refractivity contribution < 1.29 is 9.53 Å². The van der Waals surface area contributed by atoms with Crippen molar-refractivity contribution in [2.75, 3.05) is 0 Å². The van der Waals surface area contributed by atoms with Gasteiger partial charge in [0.2, 0.25) is 5.90 Å². The number of aryl methyl sites for hydroxylation is 1. The molecule has 0 fully saturated rings. The maximum absolute atomic E-state index is 12.5. The molecule has 0 aliphatic carbocycles. The predicted molar refractivity (Wildman–Crippen MR) is 119 cm³/mol. The lowest BCUT2D eigenvalue weighted by atomic mass is 10.1. The monoisotopic (exact) mass is 392 g/mol. The summed E-state index contributed by atoms with van der Waals surface area (Å²) < 4.78 is 7.62. The van der Waals surface area contributed by atoms with E-state index in [1.165, 1.54) is 5.56 Å². The largest absolute Gasteiger partial charge is 0.402 e. The SMILES string of the molecule is Cc1ccc(C2=N/C(=C\c3cn(Cc4ccccc4)c4ccccc34)C(=O)O2)cc1. The minimum Gasteiger partial charge on any atom is -0.402 e. The van der Waals surface area contributed by atoms with Gasteiger partial charge in [0.1, 0.15) is 0 Å². The van der Waals surface area contributed by atoms with Gasteiger partial charge in [0.05, 0.1) is 0 Å². The van der Waals surface area contributed by atoms with Crippen molar-refractivity contribution in [2.45, 2.75) is 13.5 Å². The first-order valence-corrected chi connectivity index (χ1v) is 9.89. The van der Waals surface area contributed by atoms with Crippen molar-refractivity contribution in [1.29, 1.82) is 0 Å². The second kappa shape index (κ2) is 7.48. The molecule has 2 heterocycles. The Morgan fingerprint density at radius 2 is 1.67 bits per heavy atom. The summed E-state index contributed by atoms with van der Waals surface area (Å²) >= 11 is 0. The summed E-state index contributed by atoms with van der Waals surface area (Å²) in [5, 5.41) is 1.08. The van der Waals surface area contributed by atoms with Gasteiger partial charge in [0, 0.05) is 34.8 Å². The van der Waals surface area contributed by atoms with E-state index in [1.54, 1.807) is 0 Å². The topological polar surface area (TPSA) is 43.6 Å². The average Bonchev–Trinajstić information content (AvgIpc) is 3.30. The number of esters is 1. The van der Waals surface area contributed by atoms with Gasteiger partial charge in [-0.3, -0.25) is 0 Å². The van der Waals surface area contributed by atoms with E-state index in [-0.39, 0.29) is 0 Å². The van der Waals surface area contributed by atoms with Gasteiger partial charge in [0.15, 0.2) is 5.70 Å². The van der Waals surface area contributed by atoms with E-state index in [0.717, 1.165) is 34.1 Å². The Morgan fingerprint density at radius 1 is 0.933 bits per heavy atom. The molecule has 4 nitrogen and oxygen atoms in total. The van der Waals surface area contributed by atoms with Crippen LogP contribution >= 0.6 is 0 Å². The number of cyclic esters (lactones) is 1. The number of nitrogens with zero attached hydrogens (tertiary/aromatic N) is 2. The first kappa shape index (κ1) is 18.1. The Hall–Kier alpha value is -3.92. The third-order valence-electron chi connectivity index (χ3n) is 5.23. The molecule has 0 spiro atoms. The van der Waals surface area contributed by atoms with E-state index < -0.39 is 5.97 Å². The van der Waals surface area contributed by atoms with Crippen LogP contribution in [0, 0.1) is 6.92 Å². The molecular weight excluding hydrogens is 372 g/mol. The molecule has 0 radical (unpaired) electrons. The van der Waals surface area contributed by atoms with Gasteiger partial charge < -0.3 is 9.30 Å². The van der Waals surface area contributed by atoms with Crippen LogP contribution in [0.2, 0.25) is 0 Å². The standard InChI is InChI=1S/C26H20N2O2/c1-18-11-13-20(14-12-18)25-27-23(26(29)30-25)15-21-17-28(16-19-7-3-2-4-8-19)24-10-6-5-9-22(21)24/h2-15,17H,16H2,1H3/b23-15-. The molecule has 1 aromatic heterocycles. The maximum Gasteiger partial charge on any atom is 0.363 e. The molecule has 146 valence electrons. The molecule has 0 bridgehead atoms. The van der Waals surface area contributed by atoms with Crippen LogP contribution < -0.4 is 0 Å². The van der Waals surface area contributed by atoms with Gasteiger partial charge in [-0.2, -0.15) is 0 Å². The van der Waals surface area contributed by atoms with Crippen LogP contribution in [0.1, 0.15) is 22.3 Å². The molecule has 1 aliphatic heterocycles. The van der Waals surface area contributed by atoms with E-state index >= 15 is 0 Å². The van der Waals surface area contributed by atoms with Crippen molar-refractivity contribution in [1.82, 2.24) is 4.57 Å². The van der Waals surface area contributed by atoms with Gasteiger partial charge in [-0.05, 0) is 36.8 Å². The molecule has 4 aromatic rings. The fraction of sp³-hybridized carbons (Fsp3) is 0.0769. The number of fused-ring (bicyclic) bond motifs is 1. The lowest BCUT2D eigenvalue weighted by molar-refractivity contribution is -0.129. The van der Waals surface area contributed by atoms with Crippen LogP contribution in [0.5, 0.6) is 0 Å². The number of aliphatic imine (C=N–C) groups is 1. The Bertz CT molecular complexity index is 1300. The van der Waals surface area contributed by atoms with Crippen LogP contribution in [0.3, 0.4) is 0 Å². The second-order valence-electron chi connectivity index (χ2n) is 7.42. The zero-order valence-corrected chi connectivity index (χ0v) is 16.6. The molecule has 0 saturated carbocycles. The second-order valence-corrected chi connectivity index (χ2v) is 7.42. The Kier molecular flexibility index (Phi) is 4.52. The molecule has 30 heavy (non-hydrogen) atoms. The first-order valence-electron chi connectivity index (χ1n) is 9.89. The Labute approximate surface area is 174 Å². The molecule has 3 aromatic carbocycles.